The Bertz CT molecular complexity index is 576. The van der Waals surface area contributed by atoms with Crippen molar-refractivity contribution in [1.82, 2.24) is 9.97 Å². The van der Waals surface area contributed by atoms with Gasteiger partial charge in [-0.3, -0.25) is 0 Å². The van der Waals surface area contributed by atoms with Crippen molar-refractivity contribution in [2.45, 2.75) is 6.42 Å². The highest BCUT2D eigenvalue weighted by atomic mass is 35.5. The van der Waals surface area contributed by atoms with E-state index in [0.29, 0.717) is 5.28 Å². The number of hydrogen-bond donors (Lipinski definition) is 0. The van der Waals surface area contributed by atoms with Crippen LogP contribution in [0.2, 0.25) is 5.28 Å². The van der Waals surface area contributed by atoms with Gasteiger partial charge in [-0.2, -0.15) is 0 Å². The van der Waals surface area contributed by atoms with Gasteiger partial charge in [0.1, 0.15) is 0 Å². The lowest BCUT2D eigenvalue weighted by molar-refractivity contribution is 1.14. The van der Waals surface area contributed by atoms with E-state index >= 15 is 0 Å². The molecule has 2 aromatic rings. The van der Waals surface area contributed by atoms with Crippen molar-refractivity contribution in [3.63, 3.8) is 0 Å². The normalized spacial score (nSPS) is 13.4. The van der Waals surface area contributed by atoms with Crippen LogP contribution < -0.4 is 0 Å². The van der Waals surface area contributed by atoms with Crippen LogP contribution in [-0.2, 0) is 6.42 Å². The summed E-state index contributed by atoms with van der Waals surface area (Å²) < 4.78 is 0. The molecule has 0 saturated heterocycles. The van der Waals surface area contributed by atoms with Crippen molar-refractivity contribution in [3.05, 3.63) is 64.7 Å². The second kappa shape index (κ2) is 3.72. The minimum absolute atomic E-state index is 0.294. The van der Waals surface area contributed by atoms with Crippen molar-refractivity contribution in [3.8, 4) is 0 Å². The highest BCUT2D eigenvalue weighted by Crippen LogP contribution is 2.31. The standard InChI is InChI=1S/C13H9ClN2/c14-13-15-8-7-12(16-13)11-6-5-9-3-1-2-4-10(9)11/h1-4,6-8H,5H2. The van der Waals surface area contributed by atoms with Gasteiger partial charge >= 0.3 is 0 Å². The zero-order chi connectivity index (χ0) is 11.0. The maximum atomic E-state index is 5.80. The molecule has 0 N–H and O–H groups in total. The smallest absolute Gasteiger partial charge is 0.222 e. The molecule has 1 aromatic carbocycles. The molecule has 1 aliphatic rings. The van der Waals surface area contributed by atoms with E-state index in [0.717, 1.165) is 17.7 Å². The third kappa shape index (κ3) is 1.51. The van der Waals surface area contributed by atoms with Crippen LogP contribution in [-0.4, -0.2) is 9.97 Å². The minimum Gasteiger partial charge on any atom is -0.226 e. The van der Waals surface area contributed by atoms with Crippen LogP contribution in [0, 0.1) is 0 Å². The van der Waals surface area contributed by atoms with Gasteiger partial charge in [-0.1, -0.05) is 30.3 Å². The van der Waals surface area contributed by atoms with Crippen LogP contribution in [0.3, 0.4) is 0 Å². The third-order valence-corrected chi connectivity index (χ3v) is 2.92. The van der Waals surface area contributed by atoms with Crippen LogP contribution in [0.15, 0.2) is 42.6 Å². The maximum Gasteiger partial charge on any atom is 0.222 e. The predicted octanol–water partition coefficient (Wildman–Crippen LogP) is 3.12. The Morgan fingerprint density at radius 2 is 2.00 bits per heavy atom. The summed E-state index contributed by atoms with van der Waals surface area (Å²) in [5, 5.41) is 0.294. The van der Waals surface area contributed by atoms with Gasteiger partial charge in [-0.25, -0.2) is 9.97 Å². The van der Waals surface area contributed by atoms with E-state index in [1.165, 1.54) is 11.1 Å². The van der Waals surface area contributed by atoms with Crippen LogP contribution in [0.5, 0.6) is 0 Å². The second-order valence-electron chi connectivity index (χ2n) is 3.69. The monoisotopic (exact) mass is 228 g/mol. The lowest BCUT2D eigenvalue weighted by Crippen LogP contribution is -1.92. The summed E-state index contributed by atoms with van der Waals surface area (Å²) in [5.74, 6) is 0. The van der Waals surface area contributed by atoms with E-state index in [1.54, 1.807) is 6.20 Å². The summed E-state index contributed by atoms with van der Waals surface area (Å²) in [4.78, 5) is 8.13. The second-order valence-corrected chi connectivity index (χ2v) is 4.03. The minimum atomic E-state index is 0.294. The van der Waals surface area contributed by atoms with Crippen molar-refractivity contribution in [2.75, 3.05) is 0 Å². The van der Waals surface area contributed by atoms with Gasteiger partial charge in [0.25, 0.3) is 0 Å². The number of rotatable bonds is 1. The van der Waals surface area contributed by atoms with Crippen LogP contribution in [0.25, 0.3) is 5.57 Å². The number of hydrogen-bond acceptors (Lipinski definition) is 2. The zero-order valence-electron chi connectivity index (χ0n) is 8.52. The van der Waals surface area contributed by atoms with E-state index in [9.17, 15) is 0 Å². The zero-order valence-corrected chi connectivity index (χ0v) is 9.28. The fourth-order valence-corrected chi connectivity index (χ4v) is 2.16. The number of allylic oxidation sites excluding steroid dienone is 1. The topological polar surface area (TPSA) is 25.8 Å². The molecule has 16 heavy (non-hydrogen) atoms. The van der Waals surface area contributed by atoms with Crippen LogP contribution in [0.1, 0.15) is 16.8 Å². The Labute approximate surface area is 98.6 Å². The molecule has 1 heterocycles. The highest BCUT2D eigenvalue weighted by Gasteiger charge is 2.15. The average molecular weight is 229 g/mol. The van der Waals surface area contributed by atoms with Gasteiger partial charge < -0.3 is 0 Å². The largest absolute Gasteiger partial charge is 0.226 e. The van der Waals surface area contributed by atoms with Gasteiger partial charge in [-0.05, 0) is 35.2 Å². The molecule has 3 rings (SSSR count). The van der Waals surface area contributed by atoms with Crippen molar-refractivity contribution in [2.24, 2.45) is 0 Å². The Kier molecular flexibility index (Phi) is 2.22. The molecule has 3 heteroatoms. The molecule has 2 nitrogen and oxygen atoms in total. The molecule has 0 spiro atoms. The number of aromatic nitrogens is 2. The molecule has 1 aliphatic carbocycles. The van der Waals surface area contributed by atoms with Gasteiger partial charge in [0, 0.05) is 11.8 Å². The van der Waals surface area contributed by atoms with Crippen molar-refractivity contribution < 1.29 is 0 Å². The van der Waals surface area contributed by atoms with E-state index in [2.05, 4.69) is 34.2 Å². The fourth-order valence-electron chi connectivity index (χ4n) is 2.01. The van der Waals surface area contributed by atoms with Crippen LogP contribution in [0.4, 0.5) is 0 Å². The molecule has 0 saturated carbocycles. The lowest BCUT2D eigenvalue weighted by atomic mass is 10.0. The first-order chi connectivity index (χ1) is 7.84. The summed E-state index contributed by atoms with van der Waals surface area (Å²) in [7, 11) is 0. The maximum absolute atomic E-state index is 5.80. The van der Waals surface area contributed by atoms with Gasteiger partial charge in [0.2, 0.25) is 5.28 Å². The molecular formula is C13H9ClN2. The number of benzene rings is 1. The Balaban J connectivity index is 2.11. The van der Waals surface area contributed by atoms with Crippen LogP contribution >= 0.6 is 11.6 Å². The molecule has 0 amide bonds. The Hall–Kier alpha value is -1.67. The molecule has 0 fully saturated rings. The van der Waals surface area contributed by atoms with Crippen molar-refractivity contribution in [1.29, 1.82) is 0 Å². The van der Waals surface area contributed by atoms with Gasteiger partial charge in [-0.15, -0.1) is 0 Å². The first-order valence-electron chi connectivity index (χ1n) is 5.12. The molecular weight excluding hydrogens is 220 g/mol. The lowest BCUT2D eigenvalue weighted by Gasteiger charge is -2.04. The number of nitrogens with zero attached hydrogens (tertiary/aromatic N) is 2. The molecule has 0 radical (unpaired) electrons. The molecule has 0 aliphatic heterocycles. The van der Waals surface area contributed by atoms with Crippen molar-refractivity contribution >= 4 is 17.2 Å². The fraction of sp³-hybridized carbons (Fsp3) is 0.0769. The average Bonchev–Trinajstić information content (AvgIpc) is 2.72. The number of halogens is 1. The molecule has 78 valence electrons. The third-order valence-electron chi connectivity index (χ3n) is 2.74. The summed E-state index contributed by atoms with van der Waals surface area (Å²) in [6.45, 7) is 0. The van der Waals surface area contributed by atoms with E-state index in [1.807, 2.05) is 12.1 Å². The summed E-state index contributed by atoms with van der Waals surface area (Å²) in [6.07, 6.45) is 4.84. The highest BCUT2D eigenvalue weighted by molar-refractivity contribution is 6.28. The van der Waals surface area contributed by atoms with Gasteiger partial charge in [0.05, 0.1) is 5.69 Å². The summed E-state index contributed by atoms with van der Waals surface area (Å²) >= 11 is 5.80. The first-order valence-corrected chi connectivity index (χ1v) is 5.50. The molecule has 1 aromatic heterocycles. The Morgan fingerprint density at radius 1 is 1.12 bits per heavy atom. The summed E-state index contributed by atoms with van der Waals surface area (Å²) in [6, 6.07) is 10.2. The molecule has 0 unspecified atom stereocenters. The number of fused-ring (bicyclic) bond motifs is 1. The first kappa shape index (κ1) is 9.55. The Morgan fingerprint density at radius 3 is 2.88 bits per heavy atom. The van der Waals surface area contributed by atoms with E-state index in [-0.39, 0.29) is 0 Å². The summed E-state index contributed by atoms with van der Waals surface area (Å²) in [5.41, 5.74) is 4.63. The predicted molar refractivity (Wildman–Crippen MR) is 64.3 cm³/mol. The SMILES string of the molecule is Clc1nccc(C2=CCc3ccccc32)n1. The van der Waals surface area contributed by atoms with E-state index in [4.69, 9.17) is 11.6 Å². The van der Waals surface area contributed by atoms with Gasteiger partial charge in [0.15, 0.2) is 0 Å². The molecule has 0 atom stereocenters. The van der Waals surface area contributed by atoms with E-state index < -0.39 is 0 Å². The molecule has 0 bridgehead atoms. The quantitative estimate of drug-likeness (QED) is 0.701.